The van der Waals surface area contributed by atoms with Crippen LogP contribution >= 0.6 is 24.8 Å². The third kappa shape index (κ3) is 4.94. The fraction of sp³-hybridized carbons (Fsp3) is 0.458. The summed E-state index contributed by atoms with van der Waals surface area (Å²) in [6.07, 6.45) is 0. The lowest BCUT2D eigenvalue weighted by atomic mass is 9.87. The van der Waals surface area contributed by atoms with Gasteiger partial charge in [-0.1, -0.05) is 24.3 Å². The first-order valence-corrected chi connectivity index (χ1v) is 10.4. The molecule has 5 nitrogen and oxygen atoms in total. The Bertz CT molecular complexity index is 889. The summed E-state index contributed by atoms with van der Waals surface area (Å²) in [6.45, 7) is 8.86. The van der Waals surface area contributed by atoms with Crippen LogP contribution in [-0.4, -0.2) is 43.1 Å². The number of hydrogen-bond acceptors (Lipinski definition) is 4. The fourth-order valence-corrected chi connectivity index (χ4v) is 4.89. The van der Waals surface area contributed by atoms with Gasteiger partial charge >= 0.3 is 0 Å². The monoisotopic (exact) mass is 465 g/mol. The van der Waals surface area contributed by atoms with Gasteiger partial charge in [-0.25, -0.2) is 0 Å². The van der Waals surface area contributed by atoms with Crippen LogP contribution in [0.1, 0.15) is 31.0 Å². The van der Waals surface area contributed by atoms with Gasteiger partial charge in [-0.15, -0.1) is 24.8 Å². The molecule has 2 aromatic carbocycles. The molecule has 2 saturated heterocycles. The third-order valence-electron chi connectivity index (χ3n) is 6.41. The van der Waals surface area contributed by atoms with E-state index < -0.39 is 5.54 Å². The van der Waals surface area contributed by atoms with Gasteiger partial charge in [0.1, 0.15) is 11.3 Å². The number of halogens is 2. The SMILES string of the molecule is COc1ccc(NC(C)(C)C(=O)N2C[C@@H]3CNC[C@@H]3[C@@H]2c2ccccc2C)cc1.Cl.Cl. The number of fused-ring (bicyclic) bond motifs is 1. The second kappa shape index (κ2) is 10.1. The van der Waals surface area contributed by atoms with Crippen molar-refractivity contribution in [3.8, 4) is 5.75 Å². The minimum Gasteiger partial charge on any atom is -0.497 e. The van der Waals surface area contributed by atoms with Crippen LogP contribution in [0.3, 0.4) is 0 Å². The Morgan fingerprint density at radius 2 is 1.77 bits per heavy atom. The number of amides is 1. The van der Waals surface area contributed by atoms with Crippen LogP contribution in [0.15, 0.2) is 48.5 Å². The highest BCUT2D eigenvalue weighted by molar-refractivity contribution is 5.89. The van der Waals surface area contributed by atoms with E-state index in [0.717, 1.165) is 31.1 Å². The summed E-state index contributed by atoms with van der Waals surface area (Å²) in [5, 5.41) is 6.96. The van der Waals surface area contributed by atoms with E-state index in [-0.39, 0.29) is 36.8 Å². The van der Waals surface area contributed by atoms with Gasteiger partial charge in [-0.2, -0.15) is 0 Å². The van der Waals surface area contributed by atoms with E-state index in [1.54, 1.807) is 7.11 Å². The maximum atomic E-state index is 13.7. The zero-order chi connectivity index (χ0) is 20.6. The highest BCUT2D eigenvalue weighted by Gasteiger charge is 2.49. The van der Waals surface area contributed by atoms with Crippen LogP contribution in [-0.2, 0) is 4.79 Å². The molecule has 1 amide bonds. The molecule has 2 aliphatic heterocycles. The average Bonchev–Trinajstić information content (AvgIpc) is 3.29. The van der Waals surface area contributed by atoms with Crippen molar-refractivity contribution in [2.24, 2.45) is 11.8 Å². The molecular weight excluding hydrogens is 433 g/mol. The van der Waals surface area contributed by atoms with Gasteiger partial charge in [-0.05, 0) is 62.1 Å². The van der Waals surface area contributed by atoms with Crippen molar-refractivity contribution >= 4 is 36.4 Å². The molecule has 2 heterocycles. The highest BCUT2D eigenvalue weighted by atomic mass is 35.5. The van der Waals surface area contributed by atoms with Crippen LogP contribution in [0.25, 0.3) is 0 Å². The van der Waals surface area contributed by atoms with Crippen LogP contribution in [0.4, 0.5) is 5.69 Å². The van der Waals surface area contributed by atoms with E-state index in [2.05, 4.69) is 46.7 Å². The number of aryl methyl sites for hydroxylation is 1. The van der Waals surface area contributed by atoms with E-state index in [0.29, 0.717) is 11.8 Å². The number of carbonyl (C=O) groups excluding carboxylic acids is 1. The summed E-state index contributed by atoms with van der Waals surface area (Å²) >= 11 is 0. The Hall–Kier alpha value is -1.95. The Kier molecular flexibility index (Phi) is 8.26. The molecule has 3 atom stereocenters. The summed E-state index contributed by atoms with van der Waals surface area (Å²) in [7, 11) is 1.65. The van der Waals surface area contributed by atoms with Crippen LogP contribution in [0, 0.1) is 18.8 Å². The predicted octanol–water partition coefficient (Wildman–Crippen LogP) is 4.46. The molecule has 0 spiro atoms. The summed E-state index contributed by atoms with van der Waals surface area (Å²) in [5.41, 5.74) is 2.74. The topological polar surface area (TPSA) is 53.6 Å². The molecule has 0 radical (unpaired) electrons. The normalized spacial score (nSPS) is 22.2. The third-order valence-corrected chi connectivity index (χ3v) is 6.41. The molecular formula is C24H33Cl2N3O2. The molecule has 2 fully saturated rings. The lowest BCUT2D eigenvalue weighted by molar-refractivity contribution is -0.136. The first-order chi connectivity index (χ1) is 13.9. The molecule has 0 aliphatic carbocycles. The van der Waals surface area contributed by atoms with E-state index >= 15 is 0 Å². The number of hydrogen-bond donors (Lipinski definition) is 2. The zero-order valence-electron chi connectivity index (χ0n) is 18.6. The molecule has 0 bridgehead atoms. The van der Waals surface area contributed by atoms with Gasteiger partial charge in [0, 0.05) is 31.2 Å². The van der Waals surface area contributed by atoms with Crippen molar-refractivity contribution in [2.45, 2.75) is 32.4 Å². The first-order valence-electron chi connectivity index (χ1n) is 10.4. The van der Waals surface area contributed by atoms with E-state index in [1.165, 1.54) is 11.1 Å². The number of methoxy groups -OCH3 is 1. The second-order valence-corrected chi connectivity index (χ2v) is 8.82. The Labute approximate surface area is 197 Å². The van der Waals surface area contributed by atoms with Gasteiger partial charge < -0.3 is 20.3 Å². The van der Waals surface area contributed by atoms with E-state index in [9.17, 15) is 4.79 Å². The number of ether oxygens (including phenoxy) is 1. The minimum absolute atomic E-state index is 0. The van der Waals surface area contributed by atoms with Gasteiger partial charge in [0.15, 0.2) is 0 Å². The smallest absolute Gasteiger partial charge is 0.248 e. The van der Waals surface area contributed by atoms with Crippen molar-refractivity contribution in [1.82, 2.24) is 10.2 Å². The summed E-state index contributed by atoms with van der Waals surface area (Å²) in [5.74, 6) is 1.94. The van der Waals surface area contributed by atoms with Crippen LogP contribution in [0.5, 0.6) is 5.75 Å². The maximum absolute atomic E-state index is 13.7. The summed E-state index contributed by atoms with van der Waals surface area (Å²) in [4.78, 5) is 15.9. The molecule has 7 heteroatoms. The molecule has 170 valence electrons. The lowest BCUT2D eigenvalue weighted by Gasteiger charge is -2.36. The molecule has 31 heavy (non-hydrogen) atoms. The molecule has 2 aliphatic rings. The summed E-state index contributed by atoms with van der Waals surface area (Å²) < 4.78 is 5.24. The van der Waals surface area contributed by atoms with Crippen LogP contribution < -0.4 is 15.4 Å². The number of benzene rings is 2. The summed E-state index contributed by atoms with van der Waals surface area (Å²) in [6, 6.07) is 16.3. The van der Waals surface area contributed by atoms with Crippen LogP contribution in [0.2, 0.25) is 0 Å². The molecule has 2 aromatic rings. The standard InChI is InChI=1S/C24H31N3O2.2ClH/c1-16-7-5-6-8-20(16)22-21-14-25-13-17(21)15-27(22)23(28)24(2,3)26-18-9-11-19(29-4)12-10-18;;/h5-12,17,21-22,25-26H,13-15H2,1-4H3;2*1H/t17-,21-,22-;;/m0../s1. The predicted molar refractivity (Wildman–Crippen MR) is 131 cm³/mol. The Morgan fingerprint density at radius 1 is 1.10 bits per heavy atom. The number of carbonyl (C=O) groups is 1. The molecule has 0 aromatic heterocycles. The van der Waals surface area contributed by atoms with Crippen molar-refractivity contribution < 1.29 is 9.53 Å². The fourth-order valence-electron chi connectivity index (χ4n) is 4.89. The number of rotatable bonds is 5. The van der Waals surface area contributed by atoms with E-state index in [1.807, 2.05) is 38.1 Å². The van der Waals surface area contributed by atoms with E-state index in [4.69, 9.17) is 4.74 Å². The zero-order valence-corrected chi connectivity index (χ0v) is 20.2. The van der Waals surface area contributed by atoms with Crippen molar-refractivity contribution in [2.75, 3.05) is 32.1 Å². The van der Waals surface area contributed by atoms with Crippen molar-refractivity contribution in [1.29, 1.82) is 0 Å². The lowest BCUT2D eigenvalue weighted by Crippen LogP contribution is -2.50. The number of anilines is 1. The maximum Gasteiger partial charge on any atom is 0.248 e. The minimum atomic E-state index is -0.707. The second-order valence-electron chi connectivity index (χ2n) is 8.82. The Morgan fingerprint density at radius 3 is 2.42 bits per heavy atom. The molecule has 0 saturated carbocycles. The van der Waals surface area contributed by atoms with Gasteiger partial charge in [0.05, 0.1) is 13.2 Å². The van der Waals surface area contributed by atoms with Gasteiger partial charge in [0.2, 0.25) is 5.91 Å². The average molecular weight is 466 g/mol. The first kappa shape index (κ1) is 25.3. The van der Waals surface area contributed by atoms with Crippen molar-refractivity contribution in [3.05, 3.63) is 59.7 Å². The number of nitrogens with zero attached hydrogens (tertiary/aromatic N) is 1. The number of nitrogens with one attached hydrogen (secondary N) is 2. The van der Waals surface area contributed by atoms with Gasteiger partial charge in [-0.3, -0.25) is 4.79 Å². The highest BCUT2D eigenvalue weighted by Crippen LogP contribution is 2.44. The van der Waals surface area contributed by atoms with Gasteiger partial charge in [0.25, 0.3) is 0 Å². The number of likely N-dealkylation sites (tertiary alicyclic amines) is 1. The quantitative estimate of drug-likeness (QED) is 0.684. The molecule has 0 unspecified atom stereocenters. The molecule has 4 rings (SSSR count). The molecule has 2 N–H and O–H groups in total. The largest absolute Gasteiger partial charge is 0.497 e. The van der Waals surface area contributed by atoms with Crippen molar-refractivity contribution in [3.63, 3.8) is 0 Å². The Balaban J connectivity index is 0.00000171.